The van der Waals surface area contributed by atoms with Crippen LogP contribution in [-0.4, -0.2) is 30.0 Å². The summed E-state index contributed by atoms with van der Waals surface area (Å²) in [4.78, 5) is 4.49. The van der Waals surface area contributed by atoms with Gasteiger partial charge in [0.15, 0.2) is 5.82 Å². The van der Waals surface area contributed by atoms with E-state index < -0.39 is 0 Å². The summed E-state index contributed by atoms with van der Waals surface area (Å²) in [7, 11) is 0. The first-order valence-corrected chi connectivity index (χ1v) is 11.7. The first-order valence-electron chi connectivity index (χ1n) is 10.9. The fourth-order valence-electron chi connectivity index (χ4n) is 3.48. The molecule has 0 aliphatic heterocycles. The Hall–Kier alpha value is -4.30. The average Bonchev–Trinajstić information content (AvgIpc) is 3.52. The highest BCUT2D eigenvalue weighted by Gasteiger charge is 2.12. The summed E-state index contributed by atoms with van der Waals surface area (Å²) in [5.74, 6) is 0.357. The lowest BCUT2D eigenvalue weighted by atomic mass is 10.1. The van der Waals surface area contributed by atoms with Crippen LogP contribution in [0.5, 0.6) is 0 Å². The highest BCUT2D eigenvalue weighted by molar-refractivity contribution is 8.14. The zero-order chi connectivity index (χ0) is 24.2. The number of halogens is 1. The van der Waals surface area contributed by atoms with Gasteiger partial charge in [0.05, 0.1) is 16.4 Å². The van der Waals surface area contributed by atoms with Crippen molar-refractivity contribution in [2.24, 2.45) is 0 Å². The Morgan fingerprint density at radius 3 is 2.43 bits per heavy atom. The molecule has 3 aromatic carbocycles. The van der Waals surface area contributed by atoms with Crippen molar-refractivity contribution in [1.82, 2.24) is 25.0 Å². The van der Waals surface area contributed by atoms with E-state index in [1.54, 1.807) is 22.9 Å². The second-order valence-electron chi connectivity index (χ2n) is 7.85. The van der Waals surface area contributed by atoms with Crippen LogP contribution in [0.4, 0.5) is 4.39 Å². The molecule has 0 atom stereocenters. The third-order valence-corrected chi connectivity index (χ3v) is 6.01. The van der Waals surface area contributed by atoms with E-state index in [9.17, 15) is 4.39 Å². The average molecular weight is 481 g/mol. The quantitative estimate of drug-likeness (QED) is 0.164. The lowest BCUT2D eigenvalue weighted by Gasteiger charge is -2.00. The minimum absolute atomic E-state index is 0.275. The van der Waals surface area contributed by atoms with Crippen LogP contribution in [-0.2, 0) is 0 Å². The summed E-state index contributed by atoms with van der Waals surface area (Å²) in [5.41, 5.74) is 5.31. The molecule has 0 saturated carbocycles. The first-order chi connectivity index (χ1) is 17.0. The van der Waals surface area contributed by atoms with E-state index in [1.165, 1.54) is 17.7 Å². The topological polar surface area (TPSA) is 83.2 Å². The van der Waals surface area contributed by atoms with Gasteiger partial charge < -0.3 is 0 Å². The normalized spacial score (nSPS) is 11.3. The van der Waals surface area contributed by atoms with E-state index >= 15 is 0 Å². The number of hydrogen-bond acceptors (Lipinski definition) is 5. The number of rotatable bonds is 6. The number of aryl methyl sites for hydroxylation is 1. The Bertz CT molecular complexity index is 1490. The largest absolute Gasteiger partial charge is 0.293 e. The van der Waals surface area contributed by atoms with Gasteiger partial charge in [-0.05, 0) is 67.2 Å². The minimum atomic E-state index is -0.303. The molecular formula is C27H21FN6S. The van der Waals surface area contributed by atoms with Gasteiger partial charge in [0.25, 0.3) is 0 Å². The lowest BCUT2D eigenvalue weighted by Crippen LogP contribution is -1.94. The van der Waals surface area contributed by atoms with Crippen molar-refractivity contribution >= 4 is 22.9 Å². The van der Waals surface area contributed by atoms with Gasteiger partial charge in [0.1, 0.15) is 5.82 Å². The van der Waals surface area contributed by atoms with E-state index in [2.05, 4.69) is 15.2 Å². The molecule has 2 heterocycles. The molecule has 0 bridgehead atoms. The maximum absolute atomic E-state index is 13.5. The van der Waals surface area contributed by atoms with Crippen LogP contribution in [0.3, 0.4) is 0 Å². The molecule has 2 aromatic heterocycles. The standard InChI is InChI=1S/C27H21FN6S/c1-18-7-9-20(10-8-18)26-30-27(32-31-26)35-24(29)16-13-21-17-34(23-5-3-2-4-6-23)33-25(21)19-11-14-22(28)15-12-19/h2-17,29H,1H3,(H,30,31,32). The highest BCUT2D eigenvalue weighted by atomic mass is 32.2. The molecule has 8 heteroatoms. The number of para-hydroxylation sites is 1. The van der Waals surface area contributed by atoms with Crippen molar-refractivity contribution in [3.05, 3.63) is 108 Å². The molecule has 0 unspecified atom stereocenters. The molecule has 0 radical (unpaired) electrons. The number of nitrogens with one attached hydrogen (secondary N) is 2. The molecule has 0 aliphatic carbocycles. The number of nitrogens with zero attached hydrogens (tertiary/aromatic N) is 4. The van der Waals surface area contributed by atoms with Crippen molar-refractivity contribution < 1.29 is 4.39 Å². The van der Waals surface area contributed by atoms with Crippen molar-refractivity contribution in [3.63, 3.8) is 0 Å². The number of aromatic amines is 1. The summed E-state index contributed by atoms with van der Waals surface area (Å²) in [6.45, 7) is 2.03. The Morgan fingerprint density at radius 2 is 1.69 bits per heavy atom. The Labute approximate surface area is 206 Å². The molecule has 6 nitrogen and oxygen atoms in total. The Kier molecular flexibility index (Phi) is 6.36. The number of aromatic nitrogens is 5. The molecule has 172 valence electrons. The molecule has 0 fully saturated rings. The van der Waals surface area contributed by atoms with Gasteiger partial charge >= 0.3 is 0 Å². The molecule has 35 heavy (non-hydrogen) atoms. The van der Waals surface area contributed by atoms with Gasteiger partial charge in [0.2, 0.25) is 5.16 Å². The van der Waals surface area contributed by atoms with E-state index in [0.717, 1.165) is 34.1 Å². The summed E-state index contributed by atoms with van der Waals surface area (Å²) >= 11 is 1.15. The monoisotopic (exact) mass is 480 g/mol. The Balaban J connectivity index is 1.38. The molecule has 0 saturated heterocycles. The molecule has 5 rings (SSSR count). The zero-order valence-corrected chi connectivity index (χ0v) is 19.6. The Morgan fingerprint density at radius 1 is 0.971 bits per heavy atom. The molecule has 0 spiro atoms. The van der Waals surface area contributed by atoms with Gasteiger partial charge in [-0.25, -0.2) is 14.1 Å². The summed E-state index contributed by atoms with van der Waals surface area (Å²) < 4.78 is 15.3. The van der Waals surface area contributed by atoms with Gasteiger partial charge in [-0.3, -0.25) is 10.5 Å². The maximum atomic E-state index is 13.5. The maximum Gasteiger partial charge on any atom is 0.215 e. The van der Waals surface area contributed by atoms with Gasteiger partial charge in [0, 0.05) is 22.9 Å². The lowest BCUT2D eigenvalue weighted by molar-refractivity contribution is 0.628. The van der Waals surface area contributed by atoms with Crippen LogP contribution >= 0.6 is 11.8 Å². The second-order valence-corrected chi connectivity index (χ2v) is 8.86. The second kappa shape index (κ2) is 9.90. The zero-order valence-electron chi connectivity index (χ0n) is 18.8. The fraction of sp³-hybridized carbons (Fsp3) is 0.0370. The SMILES string of the molecule is Cc1ccc(-c2nc(SC(=N)C=Cc3cn(-c4ccccc4)nc3-c3ccc(F)cc3)n[nH]2)cc1. The third-order valence-electron chi connectivity index (χ3n) is 5.29. The van der Waals surface area contributed by atoms with Gasteiger partial charge in [-0.1, -0.05) is 48.0 Å². The summed E-state index contributed by atoms with van der Waals surface area (Å²) in [6.07, 6.45) is 5.41. The van der Waals surface area contributed by atoms with Crippen molar-refractivity contribution in [2.75, 3.05) is 0 Å². The number of thioether (sulfide) groups is 1. The van der Waals surface area contributed by atoms with E-state index in [4.69, 9.17) is 10.5 Å². The smallest absolute Gasteiger partial charge is 0.215 e. The fourth-order valence-corrected chi connectivity index (χ4v) is 4.05. The molecular weight excluding hydrogens is 459 g/mol. The summed E-state index contributed by atoms with van der Waals surface area (Å²) in [5, 5.41) is 21.0. The van der Waals surface area contributed by atoms with E-state index in [-0.39, 0.29) is 10.9 Å². The molecule has 5 aromatic rings. The molecule has 0 amide bonds. The van der Waals surface area contributed by atoms with Gasteiger partial charge in [-0.15, -0.1) is 5.10 Å². The van der Waals surface area contributed by atoms with Crippen molar-refractivity contribution in [3.8, 4) is 28.3 Å². The first kappa shape index (κ1) is 22.5. The summed E-state index contributed by atoms with van der Waals surface area (Å²) in [6, 6.07) is 24.0. The number of H-pyrrole nitrogens is 1. The van der Waals surface area contributed by atoms with E-state index in [0.29, 0.717) is 16.7 Å². The minimum Gasteiger partial charge on any atom is -0.293 e. The highest BCUT2D eigenvalue weighted by Crippen LogP contribution is 2.26. The third kappa shape index (κ3) is 5.28. The van der Waals surface area contributed by atoms with Crippen molar-refractivity contribution in [1.29, 1.82) is 5.41 Å². The van der Waals surface area contributed by atoms with E-state index in [1.807, 2.05) is 73.8 Å². The molecule has 0 aliphatic rings. The van der Waals surface area contributed by atoms with Gasteiger partial charge in [-0.2, -0.15) is 5.10 Å². The van der Waals surface area contributed by atoms with Crippen LogP contribution in [0.1, 0.15) is 11.1 Å². The number of hydrogen-bond donors (Lipinski definition) is 2. The van der Waals surface area contributed by atoms with Crippen LogP contribution in [0.2, 0.25) is 0 Å². The number of benzene rings is 3. The van der Waals surface area contributed by atoms with Crippen LogP contribution in [0.15, 0.2) is 96.3 Å². The van der Waals surface area contributed by atoms with Crippen LogP contribution in [0.25, 0.3) is 34.4 Å². The van der Waals surface area contributed by atoms with Crippen molar-refractivity contribution in [2.45, 2.75) is 12.1 Å². The predicted molar refractivity (Wildman–Crippen MR) is 138 cm³/mol. The predicted octanol–water partition coefficient (Wildman–Crippen LogP) is 6.55. The van der Waals surface area contributed by atoms with Crippen LogP contribution < -0.4 is 0 Å². The van der Waals surface area contributed by atoms with Crippen LogP contribution in [0, 0.1) is 18.2 Å². The molecule has 2 N–H and O–H groups in total.